The van der Waals surface area contributed by atoms with Gasteiger partial charge in [0, 0.05) is 6.54 Å². The number of rotatable bonds is 5. The van der Waals surface area contributed by atoms with E-state index in [1.54, 1.807) is 6.92 Å². The molecule has 1 unspecified atom stereocenters. The van der Waals surface area contributed by atoms with Crippen molar-refractivity contribution in [1.29, 1.82) is 0 Å². The molecule has 0 aliphatic heterocycles. The molecule has 1 fully saturated rings. The SMILES string of the molecule is CC(=O)C(c1ccccc1)N(C)CC1CCCCC1. The van der Waals surface area contributed by atoms with Crippen LogP contribution < -0.4 is 0 Å². The van der Waals surface area contributed by atoms with Crippen molar-refractivity contribution in [3.8, 4) is 0 Å². The number of hydrogen-bond donors (Lipinski definition) is 0. The molecule has 1 atom stereocenters. The quantitative estimate of drug-likeness (QED) is 0.801. The van der Waals surface area contributed by atoms with Gasteiger partial charge in [-0.3, -0.25) is 9.69 Å². The minimum Gasteiger partial charge on any atom is -0.298 e. The Balaban J connectivity index is 2.04. The topological polar surface area (TPSA) is 20.3 Å². The molecule has 1 aliphatic rings. The van der Waals surface area contributed by atoms with Crippen molar-refractivity contribution in [2.24, 2.45) is 5.92 Å². The van der Waals surface area contributed by atoms with Crippen LogP contribution in [0.3, 0.4) is 0 Å². The van der Waals surface area contributed by atoms with Crippen LogP contribution in [-0.4, -0.2) is 24.3 Å². The van der Waals surface area contributed by atoms with Crippen LogP contribution in [0, 0.1) is 5.92 Å². The fourth-order valence-electron chi connectivity index (χ4n) is 3.32. The zero-order valence-corrected chi connectivity index (χ0v) is 12.1. The maximum atomic E-state index is 12.0. The van der Waals surface area contributed by atoms with Crippen molar-refractivity contribution < 1.29 is 4.79 Å². The first kappa shape index (κ1) is 14.3. The lowest BCUT2D eigenvalue weighted by molar-refractivity contribution is -0.122. The summed E-state index contributed by atoms with van der Waals surface area (Å²) >= 11 is 0. The molecule has 104 valence electrons. The lowest BCUT2D eigenvalue weighted by Gasteiger charge is -2.31. The number of nitrogens with zero attached hydrogens (tertiary/aromatic N) is 1. The van der Waals surface area contributed by atoms with E-state index in [-0.39, 0.29) is 11.8 Å². The van der Waals surface area contributed by atoms with Crippen LogP contribution in [0.4, 0.5) is 0 Å². The Labute approximate surface area is 116 Å². The molecule has 1 aromatic rings. The summed E-state index contributed by atoms with van der Waals surface area (Å²) in [7, 11) is 2.09. The molecule has 0 N–H and O–H groups in total. The van der Waals surface area contributed by atoms with E-state index in [1.165, 1.54) is 32.1 Å². The summed E-state index contributed by atoms with van der Waals surface area (Å²) in [6.45, 7) is 2.74. The fourth-order valence-corrected chi connectivity index (χ4v) is 3.32. The van der Waals surface area contributed by atoms with Crippen molar-refractivity contribution in [2.75, 3.05) is 13.6 Å². The van der Waals surface area contributed by atoms with Gasteiger partial charge in [0.25, 0.3) is 0 Å². The molecule has 0 bridgehead atoms. The molecule has 1 aromatic carbocycles. The summed E-state index contributed by atoms with van der Waals surface area (Å²) < 4.78 is 0. The second kappa shape index (κ2) is 6.85. The molecule has 0 heterocycles. The van der Waals surface area contributed by atoms with Gasteiger partial charge in [-0.2, -0.15) is 0 Å². The van der Waals surface area contributed by atoms with Gasteiger partial charge in [0.1, 0.15) is 0 Å². The van der Waals surface area contributed by atoms with Crippen molar-refractivity contribution in [1.82, 2.24) is 4.90 Å². The van der Waals surface area contributed by atoms with Crippen molar-refractivity contribution in [3.63, 3.8) is 0 Å². The molecule has 1 saturated carbocycles. The lowest BCUT2D eigenvalue weighted by atomic mass is 9.88. The number of benzene rings is 1. The van der Waals surface area contributed by atoms with Gasteiger partial charge in [-0.1, -0.05) is 49.6 Å². The normalized spacial score (nSPS) is 18.5. The largest absolute Gasteiger partial charge is 0.298 e. The number of carbonyl (C=O) groups is 1. The van der Waals surface area contributed by atoms with Gasteiger partial charge in [0.2, 0.25) is 0 Å². The maximum absolute atomic E-state index is 12.0. The van der Waals surface area contributed by atoms with Crippen molar-refractivity contribution in [3.05, 3.63) is 35.9 Å². The van der Waals surface area contributed by atoms with Crippen LogP contribution in [0.5, 0.6) is 0 Å². The van der Waals surface area contributed by atoms with E-state index in [0.29, 0.717) is 0 Å². The summed E-state index contributed by atoms with van der Waals surface area (Å²) in [5.74, 6) is 1.01. The first-order valence-corrected chi connectivity index (χ1v) is 7.44. The highest BCUT2D eigenvalue weighted by atomic mass is 16.1. The average Bonchev–Trinajstić information content (AvgIpc) is 2.40. The zero-order chi connectivity index (χ0) is 13.7. The van der Waals surface area contributed by atoms with E-state index in [9.17, 15) is 4.79 Å². The zero-order valence-electron chi connectivity index (χ0n) is 12.1. The highest BCUT2D eigenvalue weighted by Gasteiger charge is 2.24. The van der Waals surface area contributed by atoms with Crippen LogP contribution in [0.2, 0.25) is 0 Å². The third kappa shape index (κ3) is 3.90. The Morgan fingerprint density at radius 1 is 1.21 bits per heavy atom. The van der Waals surface area contributed by atoms with Crippen LogP contribution in [0.1, 0.15) is 50.6 Å². The van der Waals surface area contributed by atoms with E-state index in [4.69, 9.17) is 0 Å². The fraction of sp³-hybridized carbons (Fsp3) is 0.588. The second-order valence-electron chi connectivity index (χ2n) is 5.87. The van der Waals surface area contributed by atoms with Crippen LogP contribution in [0.15, 0.2) is 30.3 Å². The Morgan fingerprint density at radius 3 is 2.42 bits per heavy atom. The summed E-state index contributed by atoms with van der Waals surface area (Å²) in [5, 5.41) is 0. The monoisotopic (exact) mass is 259 g/mol. The maximum Gasteiger partial charge on any atom is 0.151 e. The first-order valence-electron chi connectivity index (χ1n) is 7.44. The number of likely N-dealkylation sites (N-methyl/N-ethyl adjacent to an activating group) is 1. The molecule has 2 rings (SSSR count). The lowest BCUT2D eigenvalue weighted by Crippen LogP contribution is -2.34. The van der Waals surface area contributed by atoms with E-state index in [0.717, 1.165) is 18.0 Å². The second-order valence-corrected chi connectivity index (χ2v) is 5.87. The Bertz CT molecular complexity index is 395. The molecule has 0 aromatic heterocycles. The number of ketones is 1. The minimum atomic E-state index is -0.0804. The highest BCUT2D eigenvalue weighted by molar-refractivity contribution is 5.82. The van der Waals surface area contributed by atoms with Gasteiger partial charge in [-0.25, -0.2) is 0 Å². The predicted octanol–water partition coefficient (Wildman–Crippen LogP) is 3.83. The first-order chi connectivity index (χ1) is 9.18. The molecule has 0 amide bonds. The molecule has 19 heavy (non-hydrogen) atoms. The molecular weight excluding hydrogens is 234 g/mol. The molecular formula is C17H25NO. The smallest absolute Gasteiger partial charge is 0.151 e. The highest BCUT2D eigenvalue weighted by Crippen LogP contribution is 2.27. The summed E-state index contributed by atoms with van der Waals surface area (Å²) in [4.78, 5) is 14.2. The Kier molecular flexibility index (Phi) is 5.15. The summed E-state index contributed by atoms with van der Waals surface area (Å²) in [6, 6.07) is 10.1. The van der Waals surface area contributed by atoms with E-state index in [2.05, 4.69) is 24.1 Å². The Hall–Kier alpha value is -1.15. The van der Waals surface area contributed by atoms with E-state index in [1.807, 2.05) is 18.2 Å². The van der Waals surface area contributed by atoms with Gasteiger partial charge in [0.15, 0.2) is 5.78 Å². The molecule has 0 radical (unpaired) electrons. The molecule has 1 aliphatic carbocycles. The van der Waals surface area contributed by atoms with Gasteiger partial charge >= 0.3 is 0 Å². The number of carbonyl (C=O) groups excluding carboxylic acids is 1. The van der Waals surface area contributed by atoms with Crippen LogP contribution >= 0.6 is 0 Å². The summed E-state index contributed by atoms with van der Waals surface area (Å²) in [6.07, 6.45) is 6.74. The van der Waals surface area contributed by atoms with Crippen LogP contribution in [0.25, 0.3) is 0 Å². The molecule has 0 spiro atoms. The van der Waals surface area contributed by atoms with Gasteiger partial charge in [-0.05, 0) is 38.3 Å². The standard InChI is InChI=1S/C17H25NO/c1-14(19)17(16-11-7-4-8-12-16)18(2)13-15-9-5-3-6-10-15/h4,7-8,11-12,15,17H,3,5-6,9-10,13H2,1-2H3. The third-order valence-corrected chi connectivity index (χ3v) is 4.21. The van der Waals surface area contributed by atoms with Crippen molar-refractivity contribution in [2.45, 2.75) is 45.1 Å². The van der Waals surface area contributed by atoms with Crippen molar-refractivity contribution >= 4 is 5.78 Å². The molecule has 2 nitrogen and oxygen atoms in total. The molecule has 0 saturated heterocycles. The molecule has 2 heteroatoms. The Morgan fingerprint density at radius 2 is 1.84 bits per heavy atom. The number of hydrogen-bond acceptors (Lipinski definition) is 2. The van der Waals surface area contributed by atoms with Gasteiger partial charge in [0.05, 0.1) is 6.04 Å². The van der Waals surface area contributed by atoms with Gasteiger partial charge < -0.3 is 0 Å². The minimum absolute atomic E-state index is 0.0804. The van der Waals surface area contributed by atoms with E-state index < -0.39 is 0 Å². The van der Waals surface area contributed by atoms with E-state index >= 15 is 0 Å². The van der Waals surface area contributed by atoms with Gasteiger partial charge in [-0.15, -0.1) is 0 Å². The predicted molar refractivity (Wildman–Crippen MR) is 79.1 cm³/mol. The average molecular weight is 259 g/mol. The van der Waals surface area contributed by atoms with Crippen LogP contribution in [-0.2, 0) is 4.79 Å². The summed E-state index contributed by atoms with van der Waals surface area (Å²) in [5.41, 5.74) is 1.12. The third-order valence-electron chi connectivity index (χ3n) is 4.21. The number of Topliss-reactive ketones (excluding diaryl/α,β-unsaturated/α-hetero) is 1.